The van der Waals surface area contributed by atoms with Crippen LogP contribution in [0.15, 0.2) is 33.8 Å². The molecule has 0 aliphatic heterocycles. The van der Waals surface area contributed by atoms with E-state index in [1.807, 2.05) is 0 Å². The summed E-state index contributed by atoms with van der Waals surface area (Å²) in [5, 5.41) is 9.80. The van der Waals surface area contributed by atoms with Gasteiger partial charge in [0.25, 0.3) is 0 Å². The first-order chi connectivity index (χ1) is 9.69. The largest absolute Gasteiger partial charge is 0.352 e. The van der Waals surface area contributed by atoms with E-state index in [9.17, 15) is 4.39 Å². The van der Waals surface area contributed by atoms with Gasteiger partial charge in [0.15, 0.2) is 11.8 Å². The second kappa shape index (κ2) is 6.65. The van der Waals surface area contributed by atoms with Crippen molar-refractivity contribution in [1.29, 1.82) is 0 Å². The quantitative estimate of drug-likeness (QED) is 0.652. The van der Waals surface area contributed by atoms with Crippen molar-refractivity contribution in [1.82, 2.24) is 20.8 Å². The van der Waals surface area contributed by atoms with Gasteiger partial charge in [-0.15, -0.1) is 0 Å². The van der Waals surface area contributed by atoms with E-state index in [0.717, 1.165) is 0 Å². The highest BCUT2D eigenvalue weighted by atomic mass is 19.1. The Labute approximate surface area is 116 Å². The molecule has 1 heterocycles. The highest BCUT2D eigenvalue weighted by Gasteiger charge is 2.05. The molecule has 7 heteroatoms. The standard InChI is InChI=1S/C13H16FN5O/c1-9-18-12(19-20-9)8-17-13(15-2)16-7-10-5-3-4-6-11(10)14/h3-6H,7-8H2,1-2H3,(H2,15,16,17). The van der Waals surface area contributed by atoms with E-state index in [2.05, 4.69) is 25.8 Å². The Morgan fingerprint density at radius 1 is 1.30 bits per heavy atom. The van der Waals surface area contributed by atoms with Crippen LogP contribution in [0.25, 0.3) is 0 Å². The molecule has 0 saturated heterocycles. The summed E-state index contributed by atoms with van der Waals surface area (Å²) < 4.78 is 18.3. The van der Waals surface area contributed by atoms with Gasteiger partial charge in [0.05, 0.1) is 6.54 Å². The first kappa shape index (κ1) is 14.0. The van der Waals surface area contributed by atoms with Crippen molar-refractivity contribution in [3.63, 3.8) is 0 Å². The molecule has 0 aliphatic rings. The van der Waals surface area contributed by atoms with Gasteiger partial charge >= 0.3 is 0 Å². The van der Waals surface area contributed by atoms with Crippen LogP contribution in [0.5, 0.6) is 0 Å². The van der Waals surface area contributed by atoms with E-state index >= 15 is 0 Å². The van der Waals surface area contributed by atoms with Crippen LogP contribution in [0.4, 0.5) is 4.39 Å². The van der Waals surface area contributed by atoms with Crippen molar-refractivity contribution in [3.8, 4) is 0 Å². The van der Waals surface area contributed by atoms with Gasteiger partial charge in [-0.05, 0) is 6.07 Å². The van der Waals surface area contributed by atoms with Crippen LogP contribution in [-0.4, -0.2) is 23.1 Å². The lowest BCUT2D eigenvalue weighted by atomic mass is 10.2. The fraction of sp³-hybridized carbons (Fsp3) is 0.308. The Morgan fingerprint density at radius 3 is 2.70 bits per heavy atom. The van der Waals surface area contributed by atoms with Crippen LogP contribution >= 0.6 is 0 Å². The summed E-state index contributed by atoms with van der Waals surface area (Å²) >= 11 is 0. The van der Waals surface area contributed by atoms with E-state index in [1.54, 1.807) is 32.2 Å². The van der Waals surface area contributed by atoms with Crippen molar-refractivity contribution >= 4 is 5.96 Å². The molecule has 6 nitrogen and oxygen atoms in total. The number of hydrogen-bond acceptors (Lipinski definition) is 4. The van der Waals surface area contributed by atoms with Crippen molar-refractivity contribution in [2.45, 2.75) is 20.0 Å². The minimum Gasteiger partial charge on any atom is -0.352 e. The number of nitrogens with one attached hydrogen (secondary N) is 2. The third kappa shape index (κ3) is 3.78. The van der Waals surface area contributed by atoms with Gasteiger partial charge in [0.1, 0.15) is 5.82 Å². The number of nitrogens with zero attached hydrogens (tertiary/aromatic N) is 3. The van der Waals surface area contributed by atoms with Crippen LogP contribution in [0.1, 0.15) is 17.3 Å². The molecule has 0 unspecified atom stereocenters. The molecule has 0 saturated carbocycles. The van der Waals surface area contributed by atoms with Crippen LogP contribution in [-0.2, 0) is 13.1 Å². The summed E-state index contributed by atoms with van der Waals surface area (Å²) in [5.41, 5.74) is 0.575. The molecule has 0 atom stereocenters. The summed E-state index contributed by atoms with van der Waals surface area (Å²) in [4.78, 5) is 8.11. The molecule has 0 fully saturated rings. The number of guanidine groups is 1. The smallest absolute Gasteiger partial charge is 0.223 e. The summed E-state index contributed by atoms with van der Waals surface area (Å²) in [7, 11) is 1.64. The minimum absolute atomic E-state index is 0.246. The van der Waals surface area contributed by atoms with E-state index < -0.39 is 0 Å². The maximum absolute atomic E-state index is 13.5. The lowest BCUT2D eigenvalue weighted by Crippen LogP contribution is -2.36. The molecule has 20 heavy (non-hydrogen) atoms. The molecule has 0 amide bonds. The molecule has 2 N–H and O–H groups in total. The lowest BCUT2D eigenvalue weighted by molar-refractivity contribution is 0.387. The number of aryl methyl sites for hydroxylation is 1. The van der Waals surface area contributed by atoms with E-state index in [4.69, 9.17) is 4.52 Å². The Morgan fingerprint density at radius 2 is 2.05 bits per heavy atom. The third-order valence-electron chi connectivity index (χ3n) is 2.61. The molecule has 0 radical (unpaired) electrons. The Kier molecular flexibility index (Phi) is 4.65. The summed E-state index contributed by atoms with van der Waals surface area (Å²) in [6.45, 7) is 2.45. The Balaban J connectivity index is 1.85. The van der Waals surface area contributed by atoms with E-state index in [-0.39, 0.29) is 5.82 Å². The topological polar surface area (TPSA) is 75.3 Å². The molecule has 1 aromatic heterocycles. The molecular formula is C13H16FN5O. The van der Waals surface area contributed by atoms with E-state index in [0.29, 0.717) is 36.3 Å². The van der Waals surface area contributed by atoms with E-state index in [1.165, 1.54) is 6.07 Å². The number of benzene rings is 1. The molecule has 0 spiro atoms. The number of rotatable bonds is 4. The average Bonchev–Trinajstić information content (AvgIpc) is 2.86. The highest BCUT2D eigenvalue weighted by Crippen LogP contribution is 2.05. The predicted octanol–water partition coefficient (Wildman–Crippen LogP) is 1.38. The van der Waals surface area contributed by atoms with Gasteiger partial charge in [0.2, 0.25) is 5.89 Å². The summed E-state index contributed by atoms with van der Waals surface area (Å²) in [5.74, 6) is 1.34. The first-order valence-electron chi connectivity index (χ1n) is 6.16. The molecular weight excluding hydrogens is 261 g/mol. The monoisotopic (exact) mass is 277 g/mol. The predicted molar refractivity (Wildman–Crippen MR) is 72.5 cm³/mol. The summed E-state index contributed by atoms with van der Waals surface area (Å²) in [6, 6.07) is 6.59. The molecule has 0 aliphatic carbocycles. The maximum Gasteiger partial charge on any atom is 0.223 e. The molecule has 106 valence electrons. The maximum atomic E-state index is 13.5. The lowest BCUT2D eigenvalue weighted by Gasteiger charge is -2.10. The molecule has 2 rings (SSSR count). The highest BCUT2D eigenvalue weighted by molar-refractivity contribution is 5.79. The van der Waals surface area contributed by atoms with Gasteiger partial charge in [-0.3, -0.25) is 4.99 Å². The van der Waals surface area contributed by atoms with Crippen LogP contribution in [0, 0.1) is 12.7 Å². The normalized spacial score (nSPS) is 11.4. The number of halogens is 1. The van der Waals surface area contributed by atoms with Gasteiger partial charge in [0, 0.05) is 26.1 Å². The number of aromatic nitrogens is 2. The number of hydrogen-bond donors (Lipinski definition) is 2. The fourth-order valence-corrected chi connectivity index (χ4v) is 1.62. The van der Waals surface area contributed by atoms with Gasteiger partial charge in [-0.2, -0.15) is 4.98 Å². The van der Waals surface area contributed by atoms with Crippen molar-refractivity contribution in [2.75, 3.05) is 7.05 Å². The van der Waals surface area contributed by atoms with Gasteiger partial charge < -0.3 is 15.2 Å². The van der Waals surface area contributed by atoms with Crippen LogP contribution in [0.2, 0.25) is 0 Å². The molecule has 2 aromatic rings. The Hall–Kier alpha value is -2.44. The third-order valence-corrected chi connectivity index (χ3v) is 2.61. The zero-order valence-electron chi connectivity index (χ0n) is 11.4. The zero-order valence-corrected chi connectivity index (χ0v) is 11.4. The SMILES string of the molecule is CN=C(NCc1noc(C)n1)NCc1ccccc1F. The second-order valence-electron chi connectivity index (χ2n) is 4.10. The molecule has 1 aromatic carbocycles. The van der Waals surface area contributed by atoms with Crippen molar-refractivity contribution < 1.29 is 8.91 Å². The average molecular weight is 277 g/mol. The number of aliphatic imine (C=N–C) groups is 1. The summed E-state index contributed by atoms with van der Waals surface area (Å²) in [6.07, 6.45) is 0. The molecule has 0 bridgehead atoms. The second-order valence-corrected chi connectivity index (χ2v) is 4.10. The zero-order chi connectivity index (χ0) is 14.4. The van der Waals surface area contributed by atoms with Crippen LogP contribution in [0.3, 0.4) is 0 Å². The van der Waals surface area contributed by atoms with Gasteiger partial charge in [-0.1, -0.05) is 23.4 Å². The van der Waals surface area contributed by atoms with Crippen molar-refractivity contribution in [2.24, 2.45) is 4.99 Å². The van der Waals surface area contributed by atoms with Gasteiger partial charge in [-0.25, -0.2) is 4.39 Å². The first-order valence-corrected chi connectivity index (χ1v) is 6.16. The van der Waals surface area contributed by atoms with Crippen molar-refractivity contribution in [3.05, 3.63) is 47.4 Å². The van der Waals surface area contributed by atoms with Crippen LogP contribution < -0.4 is 10.6 Å². The Bertz CT molecular complexity index is 596. The fourth-order valence-electron chi connectivity index (χ4n) is 1.62. The minimum atomic E-state index is -0.246.